The number of aromatic nitrogens is 2. The van der Waals surface area contributed by atoms with Gasteiger partial charge in [-0.3, -0.25) is 4.79 Å². The van der Waals surface area contributed by atoms with E-state index in [4.69, 9.17) is 0 Å². The van der Waals surface area contributed by atoms with Crippen LogP contribution in [0.25, 0.3) is 0 Å². The molecular formula is C13H12N4O. The van der Waals surface area contributed by atoms with Gasteiger partial charge in [-0.2, -0.15) is 0 Å². The number of aldehydes is 1. The van der Waals surface area contributed by atoms with Crippen molar-refractivity contribution in [2.24, 2.45) is 0 Å². The average molecular weight is 240 g/mol. The van der Waals surface area contributed by atoms with E-state index in [9.17, 15) is 4.79 Å². The largest absolute Gasteiger partial charge is 0.325 e. The van der Waals surface area contributed by atoms with Gasteiger partial charge in [0.25, 0.3) is 0 Å². The number of carbonyl (C=O) groups is 1. The first-order valence-electron chi connectivity index (χ1n) is 5.60. The molecule has 90 valence electrons. The molecule has 0 atom stereocenters. The lowest BCUT2D eigenvalue weighted by Crippen LogP contribution is -2.26. The van der Waals surface area contributed by atoms with E-state index in [0.29, 0.717) is 5.56 Å². The molecule has 0 bridgehead atoms. The topological polar surface area (TPSA) is 49.3 Å². The zero-order valence-corrected chi connectivity index (χ0v) is 10.2. The third-order valence-electron chi connectivity index (χ3n) is 3.13. The van der Waals surface area contributed by atoms with E-state index >= 15 is 0 Å². The molecule has 0 saturated heterocycles. The van der Waals surface area contributed by atoms with E-state index in [1.807, 2.05) is 42.1 Å². The Morgan fingerprint density at radius 1 is 1.11 bits per heavy atom. The molecule has 0 aromatic carbocycles. The van der Waals surface area contributed by atoms with Crippen LogP contribution in [-0.4, -0.2) is 30.3 Å². The second-order valence-electron chi connectivity index (χ2n) is 4.19. The Bertz CT molecular complexity index is 626. The van der Waals surface area contributed by atoms with Crippen LogP contribution in [0.4, 0.5) is 23.0 Å². The summed E-state index contributed by atoms with van der Waals surface area (Å²) >= 11 is 0. The first-order valence-corrected chi connectivity index (χ1v) is 5.60. The highest BCUT2D eigenvalue weighted by Crippen LogP contribution is 2.43. The lowest BCUT2D eigenvalue weighted by molar-refractivity contribution is 0.112. The van der Waals surface area contributed by atoms with Crippen LogP contribution in [-0.2, 0) is 0 Å². The molecule has 0 aliphatic carbocycles. The Morgan fingerprint density at radius 2 is 1.83 bits per heavy atom. The van der Waals surface area contributed by atoms with Crippen LogP contribution in [0.2, 0.25) is 0 Å². The molecular weight excluding hydrogens is 228 g/mol. The zero-order valence-electron chi connectivity index (χ0n) is 10.2. The summed E-state index contributed by atoms with van der Waals surface area (Å²) in [5.74, 6) is 1.68. The van der Waals surface area contributed by atoms with Crippen LogP contribution < -0.4 is 9.80 Å². The Morgan fingerprint density at radius 3 is 2.61 bits per heavy atom. The Hall–Kier alpha value is -2.43. The van der Waals surface area contributed by atoms with E-state index in [-0.39, 0.29) is 0 Å². The number of carbonyl (C=O) groups excluding carboxylic acids is 1. The Labute approximate surface area is 105 Å². The molecule has 2 aromatic heterocycles. The minimum Gasteiger partial charge on any atom is -0.325 e. The van der Waals surface area contributed by atoms with Crippen molar-refractivity contribution in [3.63, 3.8) is 0 Å². The number of fused-ring (bicyclic) bond motifs is 2. The van der Waals surface area contributed by atoms with Gasteiger partial charge >= 0.3 is 0 Å². The summed E-state index contributed by atoms with van der Waals surface area (Å²) < 4.78 is 0. The zero-order chi connectivity index (χ0) is 12.7. The summed E-state index contributed by atoms with van der Waals surface area (Å²) in [5, 5.41) is 0. The van der Waals surface area contributed by atoms with Crippen LogP contribution in [0, 0.1) is 0 Å². The van der Waals surface area contributed by atoms with Gasteiger partial charge in [-0.1, -0.05) is 0 Å². The van der Waals surface area contributed by atoms with Gasteiger partial charge in [-0.15, -0.1) is 0 Å². The third-order valence-corrected chi connectivity index (χ3v) is 3.13. The highest BCUT2D eigenvalue weighted by molar-refractivity contribution is 5.91. The van der Waals surface area contributed by atoms with Gasteiger partial charge in [0.2, 0.25) is 0 Å². The molecule has 18 heavy (non-hydrogen) atoms. The van der Waals surface area contributed by atoms with Gasteiger partial charge < -0.3 is 9.80 Å². The third kappa shape index (κ3) is 1.37. The SMILES string of the molecule is CN1c2cccnc2N(C)c2cc(C=O)cnc21. The molecule has 3 rings (SSSR count). The molecule has 0 amide bonds. The van der Waals surface area contributed by atoms with Gasteiger partial charge in [-0.05, 0) is 18.2 Å². The molecule has 1 aliphatic rings. The van der Waals surface area contributed by atoms with Crippen LogP contribution in [0.15, 0.2) is 30.6 Å². The first kappa shape index (κ1) is 10.7. The molecule has 0 saturated carbocycles. The van der Waals surface area contributed by atoms with Gasteiger partial charge in [0.05, 0.1) is 11.4 Å². The summed E-state index contributed by atoms with van der Waals surface area (Å²) in [6.45, 7) is 0. The van der Waals surface area contributed by atoms with Gasteiger partial charge in [0, 0.05) is 32.1 Å². The van der Waals surface area contributed by atoms with E-state index in [1.165, 1.54) is 0 Å². The van der Waals surface area contributed by atoms with Gasteiger partial charge in [-0.25, -0.2) is 9.97 Å². The van der Waals surface area contributed by atoms with Crippen molar-refractivity contribution in [2.45, 2.75) is 0 Å². The number of pyridine rings is 2. The second-order valence-corrected chi connectivity index (χ2v) is 4.19. The fourth-order valence-corrected chi connectivity index (χ4v) is 2.17. The maximum absolute atomic E-state index is 10.8. The van der Waals surface area contributed by atoms with E-state index in [2.05, 4.69) is 9.97 Å². The van der Waals surface area contributed by atoms with Crippen LogP contribution in [0.1, 0.15) is 10.4 Å². The number of rotatable bonds is 1. The standard InChI is InChI=1S/C13H12N4O/c1-16-10-4-3-5-14-12(10)17(2)11-6-9(8-18)7-15-13(11)16/h3-8H,1-2H3. The summed E-state index contributed by atoms with van der Waals surface area (Å²) in [6.07, 6.45) is 4.14. The fraction of sp³-hybridized carbons (Fsp3) is 0.154. The molecule has 5 heteroatoms. The van der Waals surface area contributed by atoms with Gasteiger partial charge in [0.15, 0.2) is 17.9 Å². The Balaban J connectivity index is 2.23. The highest BCUT2D eigenvalue weighted by Gasteiger charge is 2.26. The van der Waals surface area contributed by atoms with Crippen molar-refractivity contribution < 1.29 is 4.79 Å². The van der Waals surface area contributed by atoms with Crippen molar-refractivity contribution in [2.75, 3.05) is 23.9 Å². The highest BCUT2D eigenvalue weighted by atomic mass is 16.1. The molecule has 0 fully saturated rings. The maximum Gasteiger partial charge on any atom is 0.156 e. The molecule has 1 aliphatic heterocycles. The van der Waals surface area contributed by atoms with E-state index < -0.39 is 0 Å². The molecule has 5 nitrogen and oxygen atoms in total. The van der Waals surface area contributed by atoms with Crippen molar-refractivity contribution in [3.05, 3.63) is 36.2 Å². The van der Waals surface area contributed by atoms with Crippen LogP contribution in [0.3, 0.4) is 0 Å². The van der Waals surface area contributed by atoms with Crippen molar-refractivity contribution in [1.82, 2.24) is 9.97 Å². The van der Waals surface area contributed by atoms with E-state index in [0.717, 1.165) is 29.3 Å². The molecule has 2 aromatic rings. The number of nitrogens with zero attached hydrogens (tertiary/aromatic N) is 4. The van der Waals surface area contributed by atoms with Crippen molar-refractivity contribution >= 4 is 29.3 Å². The second kappa shape index (κ2) is 3.80. The lowest BCUT2D eigenvalue weighted by atomic mass is 10.2. The van der Waals surface area contributed by atoms with Crippen molar-refractivity contribution in [3.8, 4) is 0 Å². The Kier molecular flexibility index (Phi) is 2.26. The quantitative estimate of drug-likeness (QED) is 0.715. The monoisotopic (exact) mass is 240 g/mol. The average Bonchev–Trinajstić information content (AvgIpc) is 2.44. The van der Waals surface area contributed by atoms with Gasteiger partial charge in [0.1, 0.15) is 0 Å². The van der Waals surface area contributed by atoms with Crippen LogP contribution in [0.5, 0.6) is 0 Å². The minimum atomic E-state index is 0.563. The predicted molar refractivity (Wildman–Crippen MR) is 70.0 cm³/mol. The first-order chi connectivity index (χ1) is 8.72. The summed E-state index contributed by atoms with van der Waals surface area (Å²) in [4.78, 5) is 23.5. The lowest BCUT2D eigenvalue weighted by Gasteiger charge is -2.34. The number of hydrogen-bond donors (Lipinski definition) is 0. The maximum atomic E-state index is 10.8. The molecule has 0 radical (unpaired) electrons. The molecule has 3 heterocycles. The van der Waals surface area contributed by atoms with Crippen molar-refractivity contribution in [1.29, 1.82) is 0 Å². The summed E-state index contributed by atoms with van der Waals surface area (Å²) in [7, 11) is 3.87. The summed E-state index contributed by atoms with van der Waals surface area (Å²) in [5.41, 5.74) is 2.44. The summed E-state index contributed by atoms with van der Waals surface area (Å²) in [6, 6.07) is 5.72. The predicted octanol–water partition coefficient (Wildman–Crippen LogP) is 2.14. The number of hydrogen-bond acceptors (Lipinski definition) is 5. The van der Waals surface area contributed by atoms with E-state index in [1.54, 1.807) is 12.4 Å². The van der Waals surface area contributed by atoms with Crippen LogP contribution >= 0.6 is 0 Å². The molecule has 0 unspecified atom stereocenters. The molecule has 0 spiro atoms. The minimum absolute atomic E-state index is 0.563. The fourth-order valence-electron chi connectivity index (χ4n) is 2.17. The smallest absolute Gasteiger partial charge is 0.156 e. The molecule has 0 N–H and O–H groups in total. The number of anilines is 4. The normalized spacial score (nSPS) is 13.0.